The van der Waals surface area contributed by atoms with Gasteiger partial charge in [-0.3, -0.25) is 14.8 Å². The second kappa shape index (κ2) is 5.21. The third-order valence-corrected chi connectivity index (χ3v) is 3.53. The molecule has 0 unspecified atom stereocenters. The van der Waals surface area contributed by atoms with Crippen LogP contribution in [-0.4, -0.2) is 18.3 Å². The summed E-state index contributed by atoms with van der Waals surface area (Å²) in [6.07, 6.45) is 0. The van der Waals surface area contributed by atoms with Crippen LogP contribution in [-0.2, 0) is 10.0 Å². The summed E-state index contributed by atoms with van der Waals surface area (Å²) in [5.74, 6) is -1.82. The van der Waals surface area contributed by atoms with E-state index < -0.39 is 37.3 Å². The number of nitrogens with one attached hydrogen (secondary N) is 1. The number of nitro groups is 1. The Bertz CT molecular complexity index is 813. The molecule has 0 aliphatic carbocycles. The van der Waals surface area contributed by atoms with Gasteiger partial charge in [0, 0.05) is 12.1 Å². The van der Waals surface area contributed by atoms with Crippen LogP contribution >= 0.6 is 0 Å². The van der Waals surface area contributed by atoms with E-state index in [0.29, 0.717) is 0 Å². The van der Waals surface area contributed by atoms with Gasteiger partial charge in [-0.25, -0.2) is 8.42 Å². The van der Waals surface area contributed by atoms with Gasteiger partial charge in [0.15, 0.2) is 0 Å². The fourth-order valence-corrected chi connectivity index (χ4v) is 2.37. The number of aromatic nitrogens is 1. The number of benzene rings is 1. The maximum Gasteiger partial charge on any atom is 0.312 e. The van der Waals surface area contributed by atoms with Gasteiger partial charge in [-0.1, -0.05) is 18.2 Å². The Kier molecular flexibility index (Phi) is 3.25. The Morgan fingerprint density at radius 1 is 1.30 bits per heavy atom. The molecule has 1 N–H and O–H groups in total. The quantitative estimate of drug-likeness (QED) is 0.528. The first-order chi connectivity index (χ1) is 9.81. The van der Waals surface area contributed by atoms with Gasteiger partial charge in [0.05, 0.1) is 11.2 Å². The van der Waals surface area contributed by atoms with Crippen LogP contribution in [0.15, 0.2) is 47.3 Å². The lowest BCUT2D eigenvalue weighted by molar-refractivity contribution is -0.384. The smallest absolute Gasteiger partial charge is 0.258 e. The molecule has 0 radical (unpaired) electrons. The van der Waals surface area contributed by atoms with Crippen LogP contribution in [0.1, 0.15) is 1.37 Å². The molecular formula is C11H8FN3O4S. The van der Waals surface area contributed by atoms with Crippen LogP contribution < -0.4 is 4.72 Å². The first kappa shape index (κ1) is 12.5. The van der Waals surface area contributed by atoms with Crippen molar-refractivity contribution in [3.63, 3.8) is 0 Å². The number of anilines is 1. The molecule has 0 saturated carbocycles. The van der Waals surface area contributed by atoms with Crippen LogP contribution in [0, 0.1) is 16.1 Å². The number of nitrogens with zero attached hydrogens (tertiary/aromatic N) is 2. The summed E-state index contributed by atoms with van der Waals surface area (Å²) in [6.45, 7) is 0. The van der Waals surface area contributed by atoms with Gasteiger partial charge in [-0.2, -0.15) is 9.37 Å². The molecule has 1 aromatic carbocycles. The van der Waals surface area contributed by atoms with Crippen LogP contribution in [0.2, 0.25) is 0 Å². The van der Waals surface area contributed by atoms with Crippen molar-refractivity contribution < 1.29 is 19.1 Å². The largest absolute Gasteiger partial charge is 0.312 e. The van der Waals surface area contributed by atoms with E-state index in [1.807, 2.05) is 4.72 Å². The summed E-state index contributed by atoms with van der Waals surface area (Å²) < 4.78 is 46.6. The minimum atomic E-state index is -4.29. The second-order valence-electron chi connectivity index (χ2n) is 3.59. The Hall–Kier alpha value is -2.55. The van der Waals surface area contributed by atoms with Gasteiger partial charge < -0.3 is 0 Å². The van der Waals surface area contributed by atoms with Crippen molar-refractivity contribution in [2.75, 3.05) is 4.72 Å². The molecule has 0 saturated heterocycles. The lowest BCUT2D eigenvalue weighted by Crippen LogP contribution is -2.15. The minimum Gasteiger partial charge on any atom is -0.258 e. The van der Waals surface area contributed by atoms with Gasteiger partial charge in [0.1, 0.15) is 0 Å². The summed E-state index contributed by atoms with van der Waals surface area (Å²) in [4.78, 5) is 12.7. The van der Waals surface area contributed by atoms with E-state index in [-0.39, 0.29) is 6.04 Å². The second-order valence-corrected chi connectivity index (χ2v) is 5.24. The van der Waals surface area contributed by atoms with Crippen molar-refractivity contribution >= 4 is 21.5 Å². The Morgan fingerprint density at radius 3 is 2.70 bits per heavy atom. The van der Waals surface area contributed by atoms with Gasteiger partial charge in [-0.15, -0.1) is 0 Å². The zero-order valence-electron chi connectivity index (χ0n) is 10.8. The van der Waals surface area contributed by atoms with Crippen molar-refractivity contribution in [2.24, 2.45) is 0 Å². The monoisotopic (exact) mass is 298 g/mol. The minimum absolute atomic E-state index is 0.302. The molecule has 20 heavy (non-hydrogen) atoms. The maximum atomic E-state index is 13.1. The van der Waals surface area contributed by atoms with Crippen LogP contribution in [0.25, 0.3) is 0 Å². The number of pyridine rings is 1. The number of hydrogen-bond acceptors (Lipinski definition) is 5. The summed E-state index contributed by atoms with van der Waals surface area (Å²) in [7, 11) is -4.29. The molecule has 0 spiro atoms. The highest BCUT2D eigenvalue weighted by molar-refractivity contribution is 7.92. The summed E-state index contributed by atoms with van der Waals surface area (Å²) >= 11 is 0. The standard InChI is InChI=1S/C11H8FN3O4S/c12-10-7-6-9(15(16)17)11(13-10)14-20(18,19)8-4-2-1-3-5-8/h1-7H,(H,13,14)/i4D. The molecule has 7 nitrogen and oxygen atoms in total. The van der Waals surface area contributed by atoms with E-state index in [4.69, 9.17) is 1.37 Å². The Morgan fingerprint density at radius 2 is 2.05 bits per heavy atom. The SMILES string of the molecule is [2H]c1ccccc1S(=O)(=O)Nc1nc(F)ccc1[N+](=O)[O-]. The highest BCUT2D eigenvalue weighted by atomic mass is 32.2. The third-order valence-electron chi connectivity index (χ3n) is 2.24. The summed E-state index contributed by atoms with van der Waals surface area (Å²) in [5, 5.41) is 10.8. The normalized spacial score (nSPS) is 11.8. The molecular weight excluding hydrogens is 289 g/mol. The van der Waals surface area contributed by atoms with Crippen molar-refractivity contribution in [2.45, 2.75) is 4.90 Å². The molecule has 0 amide bonds. The summed E-state index contributed by atoms with van der Waals surface area (Å²) in [5.41, 5.74) is -0.692. The third kappa shape index (κ3) is 2.88. The summed E-state index contributed by atoms with van der Waals surface area (Å²) in [6, 6.07) is 6.48. The molecule has 2 rings (SSSR count). The molecule has 0 aliphatic rings. The topological polar surface area (TPSA) is 102 Å². The lowest BCUT2D eigenvalue weighted by Gasteiger charge is -2.07. The Balaban J connectivity index is 2.49. The van der Waals surface area contributed by atoms with Crippen LogP contribution in [0.4, 0.5) is 15.9 Å². The van der Waals surface area contributed by atoms with E-state index in [0.717, 1.165) is 18.2 Å². The Labute approximate surface area is 114 Å². The molecule has 0 atom stereocenters. The number of hydrogen-bond donors (Lipinski definition) is 1. The number of sulfonamides is 1. The zero-order chi connectivity index (χ0) is 15.6. The fraction of sp³-hybridized carbons (Fsp3) is 0. The molecule has 2 aromatic rings. The average molecular weight is 298 g/mol. The molecule has 1 aromatic heterocycles. The molecule has 0 fully saturated rings. The van der Waals surface area contributed by atoms with Crippen molar-refractivity contribution in [1.29, 1.82) is 0 Å². The predicted octanol–water partition coefficient (Wildman–Crippen LogP) is 1.93. The van der Waals surface area contributed by atoms with Crippen molar-refractivity contribution in [1.82, 2.24) is 4.98 Å². The van der Waals surface area contributed by atoms with E-state index in [9.17, 15) is 22.9 Å². The van der Waals surface area contributed by atoms with E-state index in [1.54, 1.807) is 0 Å². The first-order valence-electron chi connectivity index (χ1n) is 5.70. The van der Waals surface area contributed by atoms with E-state index in [2.05, 4.69) is 4.98 Å². The van der Waals surface area contributed by atoms with E-state index in [1.165, 1.54) is 18.2 Å². The molecule has 0 bridgehead atoms. The fourth-order valence-electron chi connectivity index (χ4n) is 1.38. The van der Waals surface area contributed by atoms with Gasteiger partial charge >= 0.3 is 5.69 Å². The van der Waals surface area contributed by atoms with Gasteiger partial charge in [0.25, 0.3) is 10.0 Å². The zero-order valence-corrected chi connectivity index (χ0v) is 10.6. The molecule has 0 aliphatic heterocycles. The first-order valence-corrected chi connectivity index (χ1v) is 6.69. The highest BCUT2D eigenvalue weighted by Gasteiger charge is 2.22. The molecule has 104 valence electrons. The number of halogens is 1. The average Bonchev–Trinajstić information content (AvgIpc) is 2.38. The van der Waals surface area contributed by atoms with Gasteiger partial charge in [-0.05, 0) is 12.1 Å². The van der Waals surface area contributed by atoms with Crippen molar-refractivity contribution in [3.8, 4) is 0 Å². The molecule has 9 heteroatoms. The van der Waals surface area contributed by atoms with Crippen molar-refractivity contribution in [3.05, 3.63) is 58.5 Å². The highest BCUT2D eigenvalue weighted by Crippen LogP contribution is 2.24. The van der Waals surface area contributed by atoms with Crippen LogP contribution in [0.3, 0.4) is 0 Å². The molecule has 1 heterocycles. The maximum absolute atomic E-state index is 13.1. The number of rotatable bonds is 4. The van der Waals surface area contributed by atoms with E-state index >= 15 is 0 Å². The van der Waals surface area contributed by atoms with Gasteiger partial charge in [0.2, 0.25) is 11.8 Å². The van der Waals surface area contributed by atoms with Crippen LogP contribution in [0.5, 0.6) is 0 Å². The predicted molar refractivity (Wildman–Crippen MR) is 68.1 cm³/mol. The lowest BCUT2D eigenvalue weighted by atomic mass is 10.4.